The van der Waals surface area contributed by atoms with Crippen molar-refractivity contribution in [2.45, 2.75) is 25.8 Å². The van der Waals surface area contributed by atoms with E-state index in [-0.39, 0.29) is 23.9 Å². The molecule has 4 rings (SSSR count). The number of aromatic nitrogens is 3. The Labute approximate surface area is 179 Å². The molecule has 0 saturated heterocycles. The number of nitrogens with one attached hydrogen (secondary N) is 2. The van der Waals surface area contributed by atoms with Crippen molar-refractivity contribution in [1.82, 2.24) is 19.9 Å². The maximum atomic E-state index is 12.8. The summed E-state index contributed by atoms with van der Waals surface area (Å²) in [5, 5.41) is 6.07. The Hall–Kier alpha value is -3.87. The number of nitrogens with zero attached hydrogens (tertiary/aromatic N) is 2. The van der Waals surface area contributed by atoms with Gasteiger partial charge in [-0.25, -0.2) is 9.50 Å². The minimum atomic E-state index is -0.337. The van der Waals surface area contributed by atoms with Gasteiger partial charge in [-0.1, -0.05) is 42.5 Å². The van der Waals surface area contributed by atoms with Gasteiger partial charge in [-0.15, -0.1) is 0 Å². The summed E-state index contributed by atoms with van der Waals surface area (Å²) in [5.41, 5.74) is 3.69. The van der Waals surface area contributed by atoms with Crippen LogP contribution in [0.2, 0.25) is 0 Å². The van der Waals surface area contributed by atoms with Crippen molar-refractivity contribution in [3.05, 3.63) is 99.6 Å². The Bertz CT molecular complexity index is 1240. The van der Waals surface area contributed by atoms with Crippen LogP contribution in [0.25, 0.3) is 5.65 Å². The van der Waals surface area contributed by atoms with Gasteiger partial charge in [0, 0.05) is 24.2 Å². The quantitative estimate of drug-likeness (QED) is 0.485. The van der Waals surface area contributed by atoms with Gasteiger partial charge in [-0.2, -0.15) is 0 Å². The zero-order chi connectivity index (χ0) is 21.8. The van der Waals surface area contributed by atoms with Crippen LogP contribution in [-0.4, -0.2) is 27.6 Å². The molecule has 0 spiro atoms. The predicted octanol–water partition coefficient (Wildman–Crippen LogP) is 2.98. The Kier molecular flexibility index (Phi) is 5.84. The summed E-state index contributed by atoms with van der Waals surface area (Å²) in [7, 11) is 1.61. The van der Waals surface area contributed by atoms with Gasteiger partial charge >= 0.3 is 0 Å². The second-order valence-electron chi connectivity index (χ2n) is 7.48. The first-order valence-electron chi connectivity index (χ1n) is 10.1. The van der Waals surface area contributed by atoms with Gasteiger partial charge in [-0.3, -0.25) is 14.7 Å². The smallest absolute Gasteiger partial charge is 0.272 e. The Morgan fingerprint density at radius 2 is 1.87 bits per heavy atom. The zero-order valence-corrected chi connectivity index (χ0v) is 17.5. The minimum Gasteiger partial charge on any atom is -0.497 e. The van der Waals surface area contributed by atoms with Crippen molar-refractivity contribution in [3.8, 4) is 5.75 Å². The molecule has 0 aliphatic rings. The number of rotatable bonds is 7. The van der Waals surface area contributed by atoms with E-state index in [1.807, 2.05) is 67.6 Å². The van der Waals surface area contributed by atoms with E-state index in [0.29, 0.717) is 17.8 Å². The third-order valence-corrected chi connectivity index (χ3v) is 5.11. The van der Waals surface area contributed by atoms with Crippen molar-refractivity contribution < 1.29 is 9.53 Å². The van der Waals surface area contributed by atoms with Crippen LogP contribution in [0.3, 0.4) is 0 Å². The van der Waals surface area contributed by atoms with Crippen LogP contribution >= 0.6 is 0 Å². The third kappa shape index (κ3) is 4.83. The fourth-order valence-electron chi connectivity index (χ4n) is 3.59. The molecule has 158 valence electrons. The van der Waals surface area contributed by atoms with Crippen molar-refractivity contribution >= 4 is 11.6 Å². The van der Waals surface area contributed by atoms with Crippen molar-refractivity contribution in [3.63, 3.8) is 0 Å². The number of hydrogen-bond acceptors (Lipinski definition) is 4. The Morgan fingerprint density at radius 3 is 2.58 bits per heavy atom. The van der Waals surface area contributed by atoms with Crippen LogP contribution in [0.15, 0.2) is 71.5 Å². The molecule has 2 heterocycles. The highest BCUT2D eigenvalue weighted by Gasteiger charge is 2.18. The SMILES string of the molecule is COc1ccc([C@@H](Cc2cc(=O)n3[nH]c(C)cc3n2)NC(=O)Cc2ccccc2)cc1. The molecule has 0 bridgehead atoms. The highest BCUT2D eigenvalue weighted by Crippen LogP contribution is 2.21. The molecule has 4 aromatic rings. The lowest BCUT2D eigenvalue weighted by molar-refractivity contribution is -0.121. The molecule has 31 heavy (non-hydrogen) atoms. The maximum absolute atomic E-state index is 12.8. The summed E-state index contributed by atoms with van der Waals surface area (Å²) in [5.74, 6) is 0.640. The van der Waals surface area contributed by atoms with Crippen LogP contribution < -0.4 is 15.6 Å². The molecule has 7 heteroatoms. The number of fused-ring (bicyclic) bond motifs is 1. The second-order valence-corrected chi connectivity index (χ2v) is 7.48. The van der Waals surface area contributed by atoms with Gasteiger partial charge in [0.1, 0.15) is 5.75 Å². The third-order valence-electron chi connectivity index (χ3n) is 5.11. The van der Waals surface area contributed by atoms with Crippen molar-refractivity contribution in [1.29, 1.82) is 0 Å². The van der Waals surface area contributed by atoms with E-state index in [4.69, 9.17) is 4.74 Å². The summed E-state index contributed by atoms with van der Waals surface area (Å²) in [6.07, 6.45) is 0.669. The first-order chi connectivity index (χ1) is 15.0. The Balaban J connectivity index is 1.61. The molecule has 0 unspecified atom stereocenters. The van der Waals surface area contributed by atoms with Crippen LogP contribution in [0.1, 0.15) is 28.6 Å². The Morgan fingerprint density at radius 1 is 1.13 bits per heavy atom. The number of aryl methyl sites for hydroxylation is 1. The van der Waals surface area contributed by atoms with E-state index in [9.17, 15) is 9.59 Å². The summed E-state index contributed by atoms with van der Waals surface area (Å²) in [6.45, 7) is 1.87. The number of carbonyl (C=O) groups is 1. The van der Waals surface area contributed by atoms with E-state index in [1.165, 1.54) is 10.6 Å². The molecule has 0 saturated carbocycles. The summed E-state index contributed by atoms with van der Waals surface area (Å²) >= 11 is 0. The van der Waals surface area contributed by atoms with E-state index in [1.54, 1.807) is 7.11 Å². The van der Waals surface area contributed by atoms with E-state index < -0.39 is 0 Å². The molecule has 0 aliphatic heterocycles. The minimum absolute atomic E-state index is 0.0951. The van der Waals surface area contributed by atoms with Crippen LogP contribution in [0.5, 0.6) is 5.75 Å². The molecule has 2 N–H and O–H groups in total. The number of methoxy groups -OCH3 is 1. The number of H-pyrrole nitrogens is 1. The average molecular weight is 416 g/mol. The topological polar surface area (TPSA) is 88.5 Å². The highest BCUT2D eigenvalue weighted by molar-refractivity contribution is 5.79. The fraction of sp³-hybridized carbons (Fsp3) is 0.208. The van der Waals surface area contributed by atoms with Crippen molar-refractivity contribution in [2.75, 3.05) is 7.11 Å². The van der Waals surface area contributed by atoms with Crippen LogP contribution in [-0.2, 0) is 17.6 Å². The van der Waals surface area contributed by atoms with E-state index in [2.05, 4.69) is 15.4 Å². The summed E-state index contributed by atoms with van der Waals surface area (Å²) in [4.78, 5) is 29.8. The summed E-state index contributed by atoms with van der Waals surface area (Å²) in [6, 6.07) is 20.1. The van der Waals surface area contributed by atoms with Gasteiger partial charge in [0.05, 0.1) is 25.3 Å². The van der Waals surface area contributed by atoms with Gasteiger partial charge in [0.25, 0.3) is 5.56 Å². The molecule has 0 aliphatic carbocycles. The van der Waals surface area contributed by atoms with Gasteiger partial charge < -0.3 is 10.1 Å². The number of amides is 1. The average Bonchev–Trinajstić information content (AvgIpc) is 3.15. The highest BCUT2D eigenvalue weighted by atomic mass is 16.5. The second kappa shape index (κ2) is 8.87. The largest absolute Gasteiger partial charge is 0.497 e. The first-order valence-corrected chi connectivity index (χ1v) is 10.1. The van der Waals surface area contributed by atoms with E-state index >= 15 is 0 Å². The number of benzene rings is 2. The fourth-order valence-corrected chi connectivity index (χ4v) is 3.59. The maximum Gasteiger partial charge on any atom is 0.272 e. The van der Waals surface area contributed by atoms with Gasteiger partial charge in [-0.05, 0) is 30.2 Å². The van der Waals surface area contributed by atoms with E-state index in [0.717, 1.165) is 22.6 Å². The van der Waals surface area contributed by atoms with Gasteiger partial charge in [0.15, 0.2) is 5.65 Å². The molecular weight excluding hydrogens is 392 g/mol. The molecule has 1 amide bonds. The van der Waals surface area contributed by atoms with Gasteiger partial charge in [0.2, 0.25) is 5.91 Å². The number of hydrogen-bond donors (Lipinski definition) is 2. The summed E-state index contributed by atoms with van der Waals surface area (Å²) < 4.78 is 6.66. The molecule has 2 aromatic heterocycles. The number of ether oxygens (including phenoxy) is 1. The first kappa shape index (κ1) is 20.4. The monoisotopic (exact) mass is 416 g/mol. The molecule has 1 atom stereocenters. The molecule has 0 fully saturated rings. The van der Waals surface area contributed by atoms with Crippen LogP contribution in [0.4, 0.5) is 0 Å². The molecular formula is C24H24N4O3. The molecule has 2 aromatic carbocycles. The normalized spacial score (nSPS) is 11.9. The lowest BCUT2D eigenvalue weighted by atomic mass is 10.0. The molecule has 0 radical (unpaired) electrons. The predicted molar refractivity (Wildman–Crippen MR) is 118 cm³/mol. The van der Waals surface area contributed by atoms with Crippen molar-refractivity contribution in [2.24, 2.45) is 0 Å². The van der Waals surface area contributed by atoms with Crippen LogP contribution in [0, 0.1) is 6.92 Å². The molecule has 7 nitrogen and oxygen atoms in total. The lowest BCUT2D eigenvalue weighted by Gasteiger charge is -2.19. The number of aromatic amines is 1. The zero-order valence-electron chi connectivity index (χ0n) is 17.5. The standard InChI is InChI=1S/C24H24N4O3/c1-16-12-22-25-19(15-24(30)28(22)27-16)14-21(18-8-10-20(31-2)11-9-18)26-23(29)13-17-6-4-3-5-7-17/h3-12,15,21,27H,13-14H2,1-2H3,(H,26,29)/t21-/m1/s1. The number of carbonyl (C=O) groups excluding carboxylic acids is 1. The lowest BCUT2D eigenvalue weighted by Crippen LogP contribution is -2.31.